The Labute approximate surface area is 193 Å². The third-order valence-electron chi connectivity index (χ3n) is 5.31. The van der Waals surface area contributed by atoms with Crippen molar-refractivity contribution >= 4 is 29.1 Å². The molecule has 2 N–H and O–H groups in total. The minimum atomic E-state index is -0.762. The summed E-state index contributed by atoms with van der Waals surface area (Å²) in [7, 11) is 2.02. The standard InChI is InChI=1S/C22H21ClF2N6O2/c1-30-6-4-13(5-7-30)10-27-22(33)19-9-18(29-20-17(25)12-28-31(19)20)21(32)26-11-14-2-3-16(24)15(23)8-14/h2-4,8-9,12H,5-7,10-11H2,1H3,(H,26,32)(H,27,33). The molecule has 0 radical (unpaired) electrons. The number of carbonyl (C=O) groups is 2. The molecule has 1 aromatic carbocycles. The summed E-state index contributed by atoms with van der Waals surface area (Å²) in [6.07, 6.45) is 3.82. The highest BCUT2D eigenvalue weighted by molar-refractivity contribution is 6.30. The molecule has 33 heavy (non-hydrogen) atoms. The highest BCUT2D eigenvalue weighted by atomic mass is 35.5. The first kappa shape index (κ1) is 22.8. The maximum atomic E-state index is 14.2. The highest BCUT2D eigenvalue weighted by Gasteiger charge is 2.20. The summed E-state index contributed by atoms with van der Waals surface area (Å²) in [6.45, 7) is 2.08. The Morgan fingerprint density at radius 3 is 2.64 bits per heavy atom. The van der Waals surface area contributed by atoms with Crippen LogP contribution in [0.15, 0.2) is 42.1 Å². The number of fused-ring (bicyclic) bond motifs is 1. The van der Waals surface area contributed by atoms with Gasteiger partial charge >= 0.3 is 0 Å². The first-order valence-electron chi connectivity index (χ1n) is 10.2. The summed E-state index contributed by atoms with van der Waals surface area (Å²) in [4.78, 5) is 31.7. The molecule has 2 aromatic heterocycles. The Morgan fingerprint density at radius 1 is 1.12 bits per heavy atom. The van der Waals surface area contributed by atoms with Crippen LogP contribution < -0.4 is 10.6 Å². The lowest BCUT2D eigenvalue weighted by atomic mass is 10.1. The Balaban J connectivity index is 1.52. The van der Waals surface area contributed by atoms with Crippen molar-refractivity contribution in [2.75, 3.05) is 26.7 Å². The summed E-state index contributed by atoms with van der Waals surface area (Å²) < 4.78 is 28.6. The number of halogens is 3. The van der Waals surface area contributed by atoms with Crippen LogP contribution in [-0.4, -0.2) is 58.0 Å². The number of nitrogens with one attached hydrogen (secondary N) is 2. The van der Waals surface area contributed by atoms with Gasteiger partial charge in [-0.25, -0.2) is 18.3 Å². The third-order valence-corrected chi connectivity index (χ3v) is 5.60. The van der Waals surface area contributed by atoms with E-state index in [9.17, 15) is 18.4 Å². The van der Waals surface area contributed by atoms with Crippen LogP contribution in [0.4, 0.5) is 8.78 Å². The number of benzene rings is 1. The largest absolute Gasteiger partial charge is 0.347 e. The second-order valence-electron chi connectivity index (χ2n) is 7.74. The minimum absolute atomic E-state index is 0.0209. The molecule has 172 valence electrons. The van der Waals surface area contributed by atoms with Gasteiger partial charge in [0.1, 0.15) is 17.2 Å². The van der Waals surface area contributed by atoms with Gasteiger partial charge in [0.2, 0.25) is 0 Å². The summed E-state index contributed by atoms with van der Waals surface area (Å²) in [5.74, 6) is -2.47. The molecule has 0 saturated carbocycles. The first-order chi connectivity index (χ1) is 15.8. The molecule has 1 aliphatic rings. The quantitative estimate of drug-likeness (QED) is 0.536. The lowest BCUT2D eigenvalue weighted by molar-refractivity contribution is 0.0945. The predicted octanol–water partition coefficient (Wildman–Crippen LogP) is 2.58. The maximum absolute atomic E-state index is 14.2. The van der Waals surface area contributed by atoms with Crippen LogP contribution in [0, 0.1) is 11.6 Å². The molecule has 2 amide bonds. The summed E-state index contributed by atoms with van der Waals surface area (Å²) in [5, 5.41) is 9.22. The first-order valence-corrected chi connectivity index (χ1v) is 10.6. The number of rotatable bonds is 6. The number of nitrogens with zero attached hydrogens (tertiary/aromatic N) is 4. The van der Waals surface area contributed by atoms with Crippen LogP contribution in [0.3, 0.4) is 0 Å². The van der Waals surface area contributed by atoms with Gasteiger partial charge in [0.25, 0.3) is 11.8 Å². The molecule has 3 heterocycles. The molecule has 8 nitrogen and oxygen atoms in total. The van der Waals surface area contributed by atoms with Gasteiger partial charge in [0, 0.05) is 32.2 Å². The number of amides is 2. The molecule has 4 rings (SSSR count). The number of aromatic nitrogens is 3. The maximum Gasteiger partial charge on any atom is 0.270 e. The fourth-order valence-corrected chi connectivity index (χ4v) is 3.60. The molecule has 0 fully saturated rings. The van der Waals surface area contributed by atoms with Crippen LogP contribution >= 0.6 is 11.6 Å². The summed E-state index contributed by atoms with van der Waals surface area (Å²) in [5.41, 5.74) is 1.24. The smallest absolute Gasteiger partial charge is 0.270 e. The van der Waals surface area contributed by atoms with E-state index in [2.05, 4.69) is 31.7 Å². The van der Waals surface area contributed by atoms with E-state index in [0.29, 0.717) is 12.1 Å². The fourth-order valence-electron chi connectivity index (χ4n) is 3.39. The molecular weight excluding hydrogens is 454 g/mol. The molecule has 0 unspecified atom stereocenters. The number of hydrogen-bond acceptors (Lipinski definition) is 5. The van der Waals surface area contributed by atoms with E-state index in [4.69, 9.17) is 11.6 Å². The Bertz CT molecular complexity index is 1260. The van der Waals surface area contributed by atoms with Crippen molar-refractivity contribution in [2.24, 2.45) is 0 Å². The van der Waals surface area contributed by atoms with Crippen molar-refractivity contribution in [1.82, 2.24) is 30.1 Å². The van der Waals surface area contributed by atoms with Crippen LogP contribution in [-0.2, 0) is 6.54 Å². The molecule has 3 aromatic rings. The molecule has 0 bridgehead atoms. The Morgan fingerprint density at radius 2 is 1.91 bits per heavy atom. The Kier molecular flexibility index (Phi) is 6.66. The van der Waals surface area contributed by atoms with Gasteiger partial charge in [-0.3, -0.25) is 9.59 Å². The van der Waals surface area contributed by atoms with E-state index in [1.807, 2.05) is 7.05 Å². The summed E-state index contributed by atoms with van der Waals surface area (Å²) >= 11 is 5.76. The lowest BCUT2D eigenvalue weighted by Gasteiger charge is -2.22. The van der Waals surface area contributed by atoms with Crippen LogP contribution in [0.2, 0.25) is 5.02 Å². The van der Waals surface area contributed by atoms with Crippen molar-refractivity contribution in [1.29, 1.82) is 0 Å². The van der Waals surface area contributed by atoms with Gasteiger partial charge in [-0.05, 0) is 31.2 Å². The highest BCUT2D eigenvalue weighted by Crippen LogP contribution is 2.16. The van der Waals surface area contributed by atoms with Crippen molar-refractivity contribution < 1.29 is 18.4 Å². The van der Waals surface area contributed by atoms with Gasteiger partial charge < -0.3 is 15.5 Å². The van der Waals surface area contributed by atoms with Crippen molar-refractivity contribution in [3.8, 4) is 0 Å². The SMILES string of the molecule is CN1CC=C(CNC(=O)c2cc(C(=O)NCc3ccc(F)c(Cl)c3)nc3c(F)cnn23)CC1. The van der Waals surface area contributed by atoms with Crippen LogP contribution in [0.25, 0.3) is 5.65 Å². The zero-order chi connectivity index (χ0) is 23.5. The average molecular weight is 475 g/mol. The normalized spacial score (nSPS) is 14.2. The third kappa shape index (κ3) is 5.18. The molecule has 11 heteroatoms. The average Bonchev–Trinajstić information content (AvgIpc) is 3.19. The van der Waals surface area contributed by atoms with Gasteiger partial charge in [-0.15, -0.1) is 0 Å². The van der Waals surface area contributed by atoms with Crippen LogP contribution in [0.1, 0.15) is 33.0 Å². The second kappa shape index (κ2) is 9.63. The number of hydrogen-bond donors (Lipinski definition) is 2. The van der Waals surface area contributed by atoms with E-state index in [-0.39, 0.29) is 28.6 Å². The zero-order valence-electron chi connectivity index (χ0n) is 17.7. The second-order valence-corrected chi connectivity index (χ2v) is 8.15. The van der Waals surface area contributed by atoms with E-state index in [1.54, 1.807) is 0 Å². The lowest BCUT2D eigenvalue weighted by Crippen LogP contribution is -2.32. The van der Waals surface area contributed by atoms with Gasteiger partial charge in [0.05, 0.1) is 11.2 Å². The molecule has 0 atom stereocenters. The predicted molar refractivity (Wildman–Crippen MR) is 118 cm³/mol. The number of likely N-dealkylation sites (N-methyl/N-ethyl adjacent to an activating group) is 1. The molecule has 1 aliphatic heterocycles. The van der Waals surface area contributed by atoms with Crippen LogP contribution in [0.5, 0.6) is 0 Å². The van der Waals surface area contributed by atoms with E-state index < -0.39 is 23.4 Å². The van der Waals surface area contributed by atoms with Crippen molar-refractivity contribution in [3.63, 3.8) is 0 Å². The van der Waals surface area contributed by atoms with Gasteiger partial charge in [-0.1, -0.05) is 29.3 Å². The molecule has 0 aliphatic carbocycles. The van der Waals surface area contributed by atoms with E-state index in [0.717, 1.165) is 35.8 Å². The molecular formula is C22H21ClF2N6O2. The monoisotopic (exact) mass is 474 g/mol. The van der Waals surface area contributed by atoms with Crippen molar-refractivity contribution in [3.05, 3.63) is 75.7 Å². The molecule has 0 saturated heterocycles. The van der Waals surface area contributed by atoms with Gasteiger partial charge in [-0.2, -0.15) is 5.10 Å². The number of carbonyl (C=O) groups excluding carboxylic acids is 2. The topological polar surface area (TPSA) is 91.6 Å². The van der Waals surface area contributed by atoms with Crippen molar-refractivity contribution in [2.45, 2.75) is 13.0 Å². The van der Waals surface area contributed by atoms with Gasteiger partial charge in [0.15, 0.2) is 11.5 Å². The fraction of sp³-hybridized carbons (Fsp3) is 0.273. The zero-order valence-corrected chi connectivity index (χ0v) is 18.5. The van der Waals surface area contributed by atoms with E-state index in [1.165, 1.54) is 24.3 Å². The minimum Gasteiger partial charge on any atom is -0.347 e. The van der Waals surface area contributed by atoms with E-state index >= 15 is 0 Å². The molecule has 0 spiro atoms. The Hall–Kier alpha value is -3.37. The summed E-state index contributed by atoms with van der Waals surface area (Å²) in [6, 6.07) is 5.31.